The van der Waals surface area contributed by atoms with Gasteiger partial charge < -0.3 is 19.0 Å². The largest absolute Gasteiger partial charge is 0.504 e. The number of ether oxygens (including phenoxy) is 2. The number of aromatic hydroxyl groups is 1. The number of aromatic nitrogens is 1. The lowest BCUT2D eigenvalue weighted by molar-refractivity contribution is 0.0605. The molecule has 33 heavy (non-hydrogen) atoms. The van der Waals surface area contributed by atoms with Crippen molar-refractivity contribution in [2.45, 2.75) is 13.8 Å². The molecule has 0 atom stereocenters. The first kappa shape index (κ1) is 22.6. The Bertz CT molecular complexity index is 1440. The van der Waals surface area contributed by atoms with Crippen LogP contribution in [0, 0.1) is 13.8 Å². The molecule has 0 bridgehead atoms. The van der Waals surface area contributed by atoms with Gasteiger partial charge in [-0.05, 0) is 49.7 Å². The van der Waals surface area contributed by atoms with Crippen LogP contribution in [0.3, 0.4) is 0 Å². The fourth-order valence-corrected chi connectivity index (χ4v) is 4.18. The molecule has 0 fully saturated rings. The summed E-state index contributed by atoms with van der Waals surface area (Å²) in [6.45, 7) is 3.61. The van der Waals surface area contributed by atoms with Gasteiger partial charge in [-0.2, -0.15) is 5.10 Å². The van der Waals surface area contributed by atoms with Gasteiger partial charge in [-0.15, -0.1) is 0 Å². The summed E-state index contributed by atoms with van der Waals surface area (Å²) in [5.74, 6) is 0.401. The summed E-state index contributed by atoms with van der Waals surface area (Å²) in [6, 6.07) is 10.3. The van der Waals surface area contributed by atoms with Gasteiger partial charge >= 0.3 is 5.97 Å². The van der Waals surface area contributed by atoms with Gasteiger partial charge in [0, 0.05) is 22.0 Å². The number of hydrogen-bond donors (Lipinski definition) is 2. The van der Waals surface area contributed by atoms with Crippen LogP contribution in [0.15, 0.2) is 45.9 Å². The van der Waals surface area contributed by atoms with Crippen molar-refractivity contribution in [1.82, 2.24) is 4.98 Å². The van der Waals surface area contributed by atoms with Crippen LogP contribution in [0.4, 0.5) is 5.13 Å². The van der Waals surface area contributed by atoms with Crippen LogP contribution < -0.4 is 15.5 Å². The zero-order valence-electron chi connectivity index (χ0n) is 18.2. The van der Waals surface area contributed by atoms with Gasteiger partial charge in [-0.3, -0.25) is 5.43 Å². The number of esters is 1. The first-order chi connectivity index (χ1) is 15.8. The molecule has 2 aromatic carbocycles. The zero-order chi connectivity index (χ0) is 23.7. The van der Waals surface area contributed by atoms with Crippen molar-refractivity contribution in [1.29, 1.82) is 0 Å². The third-order valence-corrected chi connectivity index (χ3v) is 6.38. The number of thiazole rings is 1. The summed E-state index contributed by atoms with van der Waals surface area (Å²) in [4.78, 5) is 16.6. The summed E-state index contributed by atoms with van der Waals surface area (Å²) in [7, 11) is 2.80. The normalized spacial score (nSPS) is 11.6. The number of nitrogens with zero attached hydrogens (tertiary/aromatic N) is 2. The molecule has 0 radical (unpaired) electrons. The van der Waals surface area contributed by atoms with Crippen molar-refractivity contribution in [2.24, 2.45) is 5.10 Å². The number of carbonyl (C=O) groups is 1. The number of carbonyl (C=O) groups excluding carboxylic acids is 1. The summed E-state index contributed by atoms with van der Waals surface area (Å²) >= 11 is 7.50. The van der Waals surface area contributed by atoms with Crippen molar-refractivity contribution < 1.29 is 23.8 Å². The van der Waals surface area contributed by atoms with Gasteiger partial charge in [-0.25, -0.2) is 9.78 Å². The summed E-state index contributed by atoms with van der Waals surface area (Å²) in [6.07, 6.45) is 0. The summed E-state index contributed by atoms with van der Waals surface area (Å²) in [5.41, 5.74) is 5.58. The van der Waals surface area contributed by atoms with Gasteiger partial charge in [0.15, 0.2) is 11.5 Å². The van der Waals surface area contributed by atoms with E-state index in [0.717, 1.165) is 16.9 Å². The molecule has 0 saturated carbocycles. The van der Waals surface area contributed by atoms with E-state index in [1.165, 1.54) is 20.3 Å². The number of hydrogen-bond acceptors (Lipinski definition) is 9. The second-order valence-corrected chi connectivity index (χ2v) is 8.54. The van der Waals surface area contributed by atoms with Crippen LogP contribution in [-0.2, 0) is 4.74 Å². The Morgan fingerprint density at radius 3 is 2.73 bits per heavy atom. The molecule has 170 valence electrons. The van der Waals surface area contributed by atoms with Crippen LogP contribution >= 0.6 is 22.9 Å². The minimum absolute atomic E-state index is 0.0248. The predicted molar refractivity (Wildman–Crippen MR) is 127 cm³/mol. The van der Waals surface area contributed by atoms with E-state index < -0.39 is 5.97 Å². The molecule has 0 saturated heterocycles. The number of phenols is 1. The number of phenolic OH excluding ortho intramolecular Hbond substituents is 1. The highest BCUT2D eigenvalue weighted by Gasteiger charge is 2.16. The standard InChI is InChI=1S/C23H20ClN3O5S/c1-11-7-19-14(9-15(11)24)16(26-27-23-25-12(2)21(33-23)22(29)31-4)10-18(32-19)13-5-6-17(28)20(8-13)30-3/h5-10,28H,1-4H3,(H,25,27). The molecule has 2 N–H and O–H groups in total. The molecule has 4 rings (SSSR count). The van der Waals surface area contributed by atoms with Crippen LogP contribution in [-0.4, -0.2) is 30.3 Å². The molecule has 4 aromatic rings. The van der Waals surface area contributed by atoms with Gasteiger partial charge in [-0.1, -0.05) is 22.9 Å². The third kappa shape index (κ3) is 4.50. The third-order valence-electron chi connectivity index (χ3n) is 4.93. The lowest BCUT2D eigenvalue weighted by Gasteiger charge is -2.09. The van der Waals surface area contributed by atoms with E-state index in [2.05, 4.69) is 15.5 Å². The second kappa shape index (κ2) is 9.13. The molecule has 0 aliphatic heterocycles. The van der Waals surface area contributed by atoms with Crippen molar-refractivity contribution in [3.05, 3.63) is 62.9 Å². The lowest BCUT2D eigenvalue weighted by atomic mass is 10.1. The second-order valence-electron chi connectivity index (χ2n) is 7.13. The van der Waals surface area contributed by atoms with Crippen molar-refractivity contribution in [2.75, 3.05) is 19.6 Å². The molecule has 0 aliphatic rings. The number of benzene rings is 2. The maximum Gasteiger partial charge on any atom is 0.350 e. The number of anilines is 1. The Morgan fingerprint density at radius 2 is 2.00 bits per heavy atom. The SMILES string of the molecule is COC(=O)c1sc(NN=c2cc(-c3ccc(O)c(OC)c3)oc3cc(C)c(Cl)cc23)nc1C. The predicted octanol–water partition coefficient (Wildman–Crippen LogP) is 5.26. The average molecular weight is 486 g/mol. The fourth-order valence-electron chi connectivity index (χ4n) is 3.19. The maximum absolute atomic E-state index is 11.9. The number of methoxy groups -OCH3 is 2. The molecule has 0 unspecified atom stereocenters. The molecule has 2 heterocycles. The fraction of sp³-hybridized carbons (Fsp3) is 0.174. The Hall–Kier alpha value is -3.56. The Kier molecular flexibility index (Phi) is 6.26. The van der Waals surface area contributed by atoms with Crippen molar-refractivity contribution >= 4 is 45.0 Å². The first-order valence-corrected chi connectivity index (χ1v) is 11.0. The van der Waals surface area contributed by atoms with Crippen LogP contribution in [0.2, 0.25) is 5.02 Å². The molecule has 0 spiro atoms. The highest BCUT2D eigenvalue weighted by atomic mass is 35.5. The van der Waals surface area contributed by atoms with Gasteiger partial charge in [0.1, 0.15) is 16.2 Å². The van der Waals surface area contributed by atoms with Crippen LogP contribution in [0.1, 0.15) is 20.9 Å². The number of fused-ring (bicyclic) bond motifs is 1. The van der Waals surface area contributed by atoms with Crippen LogP contribution in [0.25, 0.3) is 22.3 Å². The number of nitrogens with one attached hydrogen (secondary N) is 1. The monoisotopic (exact) mass is 485 g/mol. The van der Waals surface area contributed by atoms with E-state index >= 15 is 0 Å². The summed E-state index contributed by atoms with van der Waals surface area (Å²) in [5, 5.41) is 16.7. The maximum atomic E-state index is 11.9. The van der Waals surface area contributed by atoms with E-state index in [0.29, 0.717) is 54.1 Å². The quantitative estimate of drug-likeness (QED) is 0.293. The van der Waals surface area contributed by atoms with E-state index in [-0.39, 0.29) is 5.75 Å². The van der Waals surface area contributed by atoms with Gasteiger partial charge in [0.2, 0.25) is 5.13 Å². The van der Waals surface area contributed by atoms with E-state index in [4.69, 9.17) is 25.5 Å². The zero-order valence-corrected chi connectivity index (χ0v) is 19.8. The highest BCUT2D eigenvalue weighted by Crippen LogP contribution is 2.33. The van der Waals surface area contributed by atoms with E-state index in [1.54, 1.807) is 31.2 Å². The average Bonchev–Trinajstić information content (AvgIpc) is 3.18. The molecule has 2 aromatic heterocycles. The topological polar surface area (TPSA) is 106 Å². The number of aryl methyl sites for hydroxylation is 2. The minimum atomic E-state index is -0.451. The van der Waals surface area contributed by atoms with Crippen molar-refractivity contribution in [3.8, 4) is 22.8 Å². The molecule has 0 amide bonds. The van der Waals surface area contributed by atoms with Crippen molar-refractivity contribution in [3.63, 3.8) is 0 Å². The molecular formula is C23H20ClN3O5S. The smallest absolute Gasteiger partial charge is 0.350 e. The highest BCUT2D eigenvalue weighted by molar-refractivity contribution is 7.17. The summed E-state index contributed by atoms with van der Waals surface area (Å²) < 4.78 is 16.1. The molecule has 0 aliphatic carbocycles. The van der Waals surface area contributed by atoms with E-state index in [1.807, 2.05) is 13.0 Å². The Labute approximate surface area is 198 Å². The van der Waals surface area contributed by atoms with Gasteiger partial charge in [0.05, 0.1) is 25.3 Å². The number of rotatable bonds is 5. The van der Waals surface area contributed by atoms with Gasteiger partial charge in [0.25, 0.3) is 0 Å². The Balaban J connectivity index is 1.86. The van der Waals surface area contributed by atoms with Crippen LogP contribution in [0.5, 0.6) is 11.5 Å². The van der Waals surface area contributed by atoms with E-state index in [9.17, 15) is 9.90 Å². The lowest BCUT2D eigenvalue weighted by Crippen LogP contribution is -2.07. The first-order valence-electron chi connectivity index (χ1n) is 9.77. The molecule has 10 heteroatoms. The Morgan fingerprint density at radius 1 is 1.21 bits per heavy atom. The molecular weight excluding hydrogens is 466 g/mol. The number of halogens is 1. The minimum Gasteiger partial charge on any atom is -0.504 e. The molecule has 8 nitrogen and oxygen atoms in total.